The summed E-state index contributed by atoms with van der Waals surface area (Å²) in [5.41, 5.74) is 3.85. The number of aromatic nitrogens is 3. The normalized spacial score (nSPS) is 10.7. The second-order valence-electron chi connectivity index (χ2n) is 4.74. The van der Waals surface area contributed by atoms with Gasteiger partial charge in [0, 0.05) is 18.3 Å². The second kappa shape index (κ2) is 4.35. The summed E-state index contributed by atoms with van der Waals surface area (Å²) >= 11 is 0. The highest BCUT2D eigenvalue weighted by Crippen LogP contribution is 2.25. The molecular weight excluding hydrogens is 252 g/mol. The SMILES string of the molecule is Cc1cc(-c2ccc3ncn(C)c3c2)c(C#N)c(=O)[nH]1. The summed E-state index contributed by atoms with van der Waals surface area (Å²) in [5.74, 6) is 0. The van der Waals surface area contributed by atoms with Gasteiger partial charge in [-0.1, -0.05) is 6.07 Å². The van der Waals surface area contributed by atoms with Gasteiger partial charge >= 0.3 is 0 Å². The van der Waals surface area contributed by atoms with Crippen LogP contribution in [0.5, 0.6) is 0 Å². The predicted molar refractivity (Wildman–Crippen MR) is 76.2 cm³/mol. The van der Waals surface area contributed by atoms with Crippen molar-refractivity contribution in [1.82, 2.24) is 14.5 Å². The highest BCUT2D eigenvalue weighted by atomic mass is 16.1. The molecule has 5 heteroatoms. The highest BCUT2D eigenvalue weighted by molar-refractivity contribution is 5.83. The molecule has 0 radical (unpaired) electrons. The lowest BCUT2D eigenvalue weighted by molar-refractivity contribution is 0.948. The first-order valence-electron chi connectivity index (χ1n) is 6.15. The fraction of sp³-hybridized carbons (Fsp3) is 0.133. The molecule has 20 heavy (non-hydrogen) atoms. The number of aryl methyl sites for hydroxylation is 2. The van der Waals surface area contributed by atoms with Gasteiger partial charge in [-0.3, -0.25) is 4.79 Å². The first kappa shape index (κ1) is 12.2. The highest BCUT2D eigenvalue weighted by Gasteiger charge is 2.11. The molecule has 0 bridgehead atoms. The van der Waals surface area contributed by atoms with Gasteiger partial charge in [0.25, 0.3) is 5.56 Å². The van der Waals surface area contributed by atoms with Crippen LogP contribution >= 0.6 is 0 Å². The van der Waals surface area contributed by atoms with E-state index in [-0.39, 0.29) is 11.1 Å². The molecule has 0 unspecified atom stereocenters. The number of aromatic amines is 1. The molecule has 5 nitrogen and oxygen atoms in total. The Morgan fingerprint density at radius 1 is 1.35 bits per heavy atom. The van der Waals surface area contributed by atoms with Crippen molar-refractivity contribution in [1.29, 1.82) is 5.26 Å². The second-order valence-corrected chi connectivity index (χ2v) is 4.74. The molecule has 1 aromatic carbocycles. The van der Waals surface area contributed by atoms with E-state index in [1.165, 1.54) is 0 Å². The summed E-state index contributed by atoms with van der Waals surface area (Å²) in [7, 11) is 1.91. The Kier molecular flexibility index (Phi) is 2.65. The minimum Gasteiger partial charge on any atom is -0.334 e. The quantitative estimate of drug-likeness (QED) is 0.731. The number of nitrogens with zero attached hydrogens (tertiary/aromatic N) is 3. The number of pyridine rings is 1. The van der Waals surface area contributed by atoms with Gasteiger partial charge in [0.1, 0.15) is 11.6 Å². The van der Waals surface area contributed by atoms with E-state index in [9.17, 15) is 10.1 Å². The summed E-state index contributed by atoms with van der Waals surface area (Å²) in [6, 6.07) is 9.51. The van der Waals surface area contributed by atoms with E-state index in [0.29, 0.717) is 5.56 Å². The van der Waals surface area contributed by atoms with Gasteiger partial charge in [0.2, 0.25) is 0 Å². The Hall–Kier alpha value is -2.87. The first-order chi connectivity index (χ1) is 9.60. The van der Waals surface area contributed by atoms with Gasteiger partial charge in [0.15, 0.2) is 0 Å². The van der Waals surface area contributed by atoms with Crippen molar-refractivity contribution in [3.05, 3.63) is 52.2 Å². The molecule has 0 aliphatic carbocycles. The van der Waals surface area contributed by atoms with E-state index < -0.39 is 0 Å². The topological polar surface area (TPSA) is 74.5 Å². The summed E-state index contributed by atoms with van der Waals surface area (Å²) in [6.45, 7) is 1.80. The number of fused-ring (bicyclic) bond motifs is 1. The Balaban J connectivity index is 2.33. The number of hydrogen-bond donors (Lipinski definition) is 1. The smallest absolute Gasteiger partial charge is 0.266 e. The van der Waals surface area contributed by atoms with E-state index in [4.69, 9.17) is 0 Å². The Bertz CT molecular complexity index is 912. The maximum atomic E-state index is 11.9. The van der Waals surface area contributed by atoms with Crippen LogP contribution in [0.2, 0.25) is 0 Å². The van der Waals surface area contributed by atoms with Crippen molar-refractivity contribution in [2.24, 2.45) is 7.05 Å². The van der Waals surface area contributed by atoms with Crippen LogP contribution in [0.3, 0.4) is 0 Å². The van der Waals surface area contributed by atoms with Gasteiger partial charge in [-0.25, -0.2) is 4.98 Å². The molecule has 0 fully saturated rings. The fourth-order valence-corrected chi connectivity index (χ4v) is 2.32. The standard InChI is InChI=1S/C15H12N4O/c1-9-5-11(12(7-16)15(20)18-9)10-3-4-13-14(6-10)19(2)8-17-13/h3-6,8H,1-2H3,(H,18,20). The number of imidazole rings is 1. The van der Waals surface area contributed by atoms with Gasteiger partial charge in [-0.2, -0.15) is 5.26 Å². The summed E-state index contributed by atoms with van der Waals surface area (Å²) in [6.07, 6.45) is 1.74. The van der Waals surface area contributed by atoms with Crippen molar-refractivity contribution in [2.45, 2.75) is 6.92 Å². The molecule has 2 aromatic heterocycles. The van der Waals surface area contributed by atoms with Crippen LogP contribution in [-0.2, 0) is 7.05 Å². The van der Waals surface area contributed by atoms with Gasteiger partial charge in [0.05, 0.1) is 17.4 Å². The number of benzene rings is 1. The van der Waals surface area contributed by atoms with Crippen LogP contribution in [0.4, 0.5) is 0 Å². The van der Waals surface area contributed by atoms with E-state index in [1.807, 2.05) is 41.9 Å². The Morgan fingerprint density at radius 3 is 2.90 bits per heavy atom. The molecule has 0 atom stereocenters. The summed E-state index contributed by atoms with van der Waals surface area (Å²) in [5, 5.41) is 9.19. The lowest BCUT2D eigenvalue weighted by Crippen LogP contribution is -2.12. The predicted octanol–water partition coefficient (Wildman–Crippen LogP) is 2.11. The zero-order chi connectivity index (χ0) is 14.3. The van der Waals surface area contributed by atoms with Crippen molar-refractivity contribution in [3.8, 4) is 17.2 Å². The summed E-state index contributed by atoms with van der Waals surface area (Å²) in [4.78, 5) is 18.8. The van der Waals surface area contributed by atoms with Gasteiger partial charge < -0.3 is 9.55 Å². The van der Waals surface area contributed by atoms with Crippen LogP contribution in [0.25, 0.3) is 22.2 Å². The lowest BCUT2D eigenvalue weighted by Gasteiger charge is -2.06. The Morgan fingerprint density at radius 2 is 2.15 bits per heavy atom. The number of H-pyrrole nitrogens is 1. The molecule has 3 aromatic rings. The molecular formula is C15H12N4O. The molecule has 0 saturated heterocycles. The van der Waals surface area contributed by atoms with Crippen LogP contribution in [0.1, 0.15) is 11.3 Å². The number of nitriles is 1. The molecule has 0 aliphatic heterocycles. The lowest BCUT2D eigenvalue weighted by atomic mass is 10.0. The maximum Gasteiger partial charge on any atom is 0.266 e. The zero-order valence-electron chi connectivity index (χ0n) is 11.1. The molecule has 0 amide bonds. The number of hydrogen-bond acceptors (Lipinski definition) is 3. The average molecular weight is 264 g/mol. The van der Waals surface area contributed by atoms with Crippen molar-refractivity contribution in [3.63, 3.8) is 0 Å². The van der Waals surface area contributed by atoms with Gasteiger partial charge in [-0.15, -0.1) is 0 Å². The number of rotatable bonds is 1. The third kappa shape index (κ3) is 1.79. The summed E-state index contributed by atoms with van der Waals surface area (Å²) < 4.78 is 1.91. The minimum atomic E-state index is -0.354. The zero-order valence-corrected chi connectivity index (χ0v) is 11.1. The maximum absolute atomic E-state index is 11.9. The van der Waals surface area contributed by atoms with Crippen LogP contribution in [-0.4, -0.2) is 14.5 Å². The third-order valence-electron chi connectivity index (χ3n) is 3.32. The average Bonchev–Trinajstić information content (AvgIpc) is 2.79. The molecule has 2 heterocycles. The van der Waals surface area contributed by atoms with Crippen molar-refractivity contribution >= 4 is 11.0 Å². The molecule has 0 saturated carbocycles. The Labute approximate surface area is 115 Å². The third-order valence-corrected chi connectivity index (χ3v) is 3.32. The monoisotopic (exact) mass is 264 g/mol. The van der Waals surface area contributed by atoms with E-state index in [0.717, 1.165) is 22.3 Å². The molecule has 0 spiro atoms. The van der Waals surface area contributed by atoms with Crippen molar-refractivity contribution < 1.29 is 0 Å². The molecule has 3 rings (SSSR count). The van der Waals surface area contributed by atoms with E-state index in [2.05, 4.69) is 9.97 Å². The molecule has 98 valence electrons. The molecule has 1 N–H and O–H groups in total. The van der Waals surface area contributed by atoms with Crippen LogP contribution in [0.15, 0.2) is 35.4 Å². The largest absolute Gasteiger partial charge is 0.334 e. The minimum absolute atomic E-state index is 0.136. The number of nitrogens with one attached hydrogen (secondary N) is 1. The van der Waals surface area contributed by atoms with Gasteiger partial charge in [-0.05, 0) is 30.7 Å². The fourth-order valence-electron chi connectivity index (χ4n) is 2.32. The van der Waals surface area contributed by atoms with E-state index in [1.54, 1.807) is 13.3 Å². The van der Waals surface area contributed by atoms with Crippen LogP contribution in [0, 0.1) is 18.3 Å². The van der Waals surface area contributed by atoms with Crippen molar-refractivity contribution in [2.75, 3.05) is 0 Å². The first-order valence-corrected chi connectivity index (χ1v) is 6.15. The van der Waals surface area contributed by atoms with Crippen LogP contribution < -0.4 is 5.56 Å². The molecule has 0 aliphatic rings. The van der Waals surface area contributed by atoms with E-state index >= 15 is 0 Å².